The highest BCUT2D eigenvalue weighted by Crippen LogP contribution is 2.30. The summed E-state index contributed by atoms with van der Waals surface area (Å²) in [4.78, 5) is 15.3. The van der Waals surface area contributed by atoms with Crippen molar-refractivity contribution in [2.24, 2.45) is 0 Å². The van der Waals surface area contributed by atoms with Crippen molar-refractivity contribution in [2.75, 3.05) is 5.32 Å². The zero-order valence-corrected chi connectivity index (χ0v) is 11.0. The van der Waals surface area contributed by atoms with Crippen LogP contribution in [0.2, 0.25) is 5.15 Å². The number of pyridine rings is 1. The van der Waals surface area contributed by atoms with Crippen LogP contribution < -0.4 is 5.32 Å². The molecular formula is C13H7ClF4N2O. The highest BCUT2D eigenvalue weighted by molar-refractivity contribution is 6.30. The zero-order valence-electron chi connectivity index (χ0n) is 10.2. The maximum atomic E-state index is 13.6. The monoisotopic (exact) mass is 318 g/mol. The fourth-order valence-electron chi connectivity index (χ4n) is 1.57. The van der Waals surface area contributed by atoms with Crippen LogP contribution in [0.1, 0.15) is 15.9 Å². The molecular weight excluding hydrogens is 312 g/mol. The predicted molar refractivity (Wildman–Crippen MR) is 68.6 cm³/mol. The molecule has 2 aromatic rings. The Bertz CT molecular complexity index is 688. The SMILES string of the molecule is O=C(Nc1cccc(C(F)(F)F)c1)c1ccnc(Cl)c1F. The van der Waals surface area contributed by atoms with E-state index in [4.69, 9.17) is 11.6 Å². The zero-order chi connectivity index (χ0) is 15.6. The van der Waals surface area contributed by atoms with Gasteiger partial charge in [-0.3, -0.25) is 4.79 Å². The van der Waals surface area contributed by atoms with Gasteiger partial charge in [-0.15, -0.1) is 0 Å². The molecule has 0 saturated carbocycles. The molecule has 1 heterocycles. The Balaban J connectivity index is 2.26. The average Bonchev–Trinajstić information content (AvgIpc) is 2.41. The molecule has 8 heteroatoms. The number of nitrogens with one attached hydrogen (secondary N) is 1. The van der Waals surface area contributed by atoms with Gasteiger partial charge in [0.25, 0.3) is 5.91 Å². The lowest BCUT2D eigenvalue weighted by molar-refractivity contribution is -0.137. The van der Waals surface area contributed by atoms with Crippen molar-refractivity contribution in [3.05, 3.63) is 58.6 Å². The van der Waals surface area contributed by atoms with Gasteiger partial charge in [-0.25, -0.2) is 9.37 Å². The molecule has 0 saturated heterocycles. The van der Waals surface area contributed by atoms with Crippen molar-refractivity contribution in [1.29, 1.82) is 0 Å². The lowest BCUT2D eigenvalue weighted by atomic mass is 10.2. The van der Waals surface area contributed by atoms with Crippen molar-refractivity contribution in [1.82, 2.24) is 4.98 Å². The molecule has 0 aliphatic rings. The molecule has 1 aromatic carbocycles. The Morgan fingerprint density at radius 2 is 1.95 bits per heavy atom. The van der Waals surface area contributed by atoms with Gasteiger partial charge in [-0.2, -0.15) is 13.2 Å². The van der Waals surface area contributed by atoms with Gasteiger partial charge in [0.1, 0.15) is 0 Å². The Kier molecular flexibility index (Phi) is 4.13. The van der Waals surface area contributed by atoms with Gasteiger partial charge in [0.15, 0.2) is 11.0 Å². The van der Waals surface area contributed by atoms with Crippen LogP contribution in [0.25, 0.3) is 0 Å². The van der Waals surface area contributed by atoms with E-state index < -0.39 is 34.2 Å². The topological polar surface area (TPSA) is 42.0 Å². The first kappa shape index (κ1) is 15.2. The number of hydrogen-bond acceptors (Lipinski definition) is 2. The predicted octanol–water partition coefficient (Wildman–Crippen LogP) is 4.15. The minimum Gasteiger partial charge on any atom is -0.322 e. The normalized spacial score (nSPS) is 11.3. The Morgan fingerprint density at radius 1 is 1.24 bits per heavy atom. The molecule has 0 aliphatic carbocycles. The van der Waals surface area contributed by atoms with Gasteiger partial charge < -0.3 is 5.32 Å². The number of benzene rings is 1. The lowest BCUT2D eigenvalue weighted by Gasteiger charge is -2.10. The van der Waals surface area contributed by atoms with E-state index in [0.717, 1.165) is 30.5 Å². The van der Waals surface area contributed by atoms with Crippen LogP contribution in [0, 0.1) is 5.82 Å². The van der Waals surface area contributed by atoms with Crippen LogP contribution in [0.4, 0.5) is 23.2 Å². The standard InChI is InChI=1S/C13H7ClF4N2O/c14-11-10(15)9(4-5-19-11)12(21)20-8-3-1-2-7(6-8)13(16,17)18/h1-6H,(H,20,21). The van der Waals surface area contributed by atoms with E-state index in [1.165, 1.54) is 6.07 Å². The number of amides is 1. The van der Waals surface area contributed by atoms with Gasteiger partial charge >= 0.3 is 6.18 Å². The van der Waals surface area contributed by atoms with Crippen molar-refractivity contribution in [3.63, 3.8) is 0 Å². The van der Waals surface area contributed by atoms with E-state index >= 15 is 0 Å². The molecule has 0 radical (unpaired) electrons. The highest BCUT2D eigenvalue weighted by atomic mass is 35.5. The molecule has 0 aliphatic heterocycles. The average molecular weight is 319 g/mol. The van der Waals surface area contributed by atoms with E-state index in [2.05, 4.69) is 10.3 Å². The highest BCUT2D eigenvalue weighted by Gasteiger charge is 2.30. The minimum absolute atomic E-state index is 0.109. The first-order valence-corrected chi connectivity index (χ1v) is 5.95. The molecule has 1 aromatic heterocycles. The summed E-state index contributed by atoms with van der Waals surface area (Å²) in [6.45, 7) is 0. The second-order valence-electron chi connectivity index (χ2n) is 4.00. The van der Waals surface area contributed by atoms with Crippen molar-refractivity contribution in [2.45, 2.75) is 6.18 Å². The Hall–Kier alpha value is -2.15. The number of rotatable bonds is 2. The minimum atomic E-state index is -4.54. The van der Waals surface area contributed by atoms with E-state index in [9.17, 15) is 22.4 Å². The van der Waals surface area contributed by atoms with Gasteiger partial charge in [0, 0.05) is 11.9 Å². The van der Waals surface area contributed by atoms with Crippen LogP contribution in [-0.4, -0.2) is 10.9 Å². The van der Waals surface area contributed by atoms with Gasteiger partial charge in [-0.05, 0) is 24.3 Å². The summed E-state index contributed by atoms with van der Waals surface area (Å²) < 4.78 is 51.2. The third-order valence-corrected chi connectivity index (χ3v) is 2.80. The molecule has 21 heavy (non-hydrogen) atoms. The second-order valence-corrected chi connectivity index (χ2v) is 4.35. The number of anilines is 1. The van der Waals surface area contributed by atoms with Crippen LogP contribution in [0.5, 0.6) is 0 Å². The maximum absolute atomic E-state index is 13.6. The van der Waals surface area contributed by atoms with Gasteiger partial charge in [0.2, 0.25) is 0 Å². The summed E-state index contributed by atoms with van der Waals surface area (Å²) in [6.07, 6.45) is -3.42. The fraction of sp³-hybridized carbons (Fsp3) is 0.0769. The number of halogens is 5. The molecule has 0 bridgehead atoms. The smallest absolute Gasteiger partial charge is 0.322 e. The summed E-state index contributed by atoms with van der Waals surface area (Å²) in [6, 6.07) is 5.07. The third kappa shape index (κ3) is 3.49. The number of carbonyl (C=O) groups is 1. The van der Waals surface area contributed by atoms with Gasteiger partial charge in [-0.1, -0.05) is 17.7 Å². The Morgan fingerprint density at radius 3 is 2.62 bits per heavy atom. The molecule has 0 fully saturated rings. The molecule has 110 valence electrons. The molecule has 1 N–H and O–H groups in total. The molecule has 0 unspecified atom stereocenters. The summed E-state index contributed by atoms with van der Waals surface area (Å²) in [5.41, 5.74) is -1.44. The van der Waals surface area contributed by atoms with E-state index in [1.807, 2.05) is 0 Å². The molecule has 1 amide bonds. The maximum Gasteiger partial charge on any atom is 0.416 e. The van der Waals surface area contributed by atoms with Crippen LogP contribution in [0.15, 0.2) is 36.5 Å². The summed E-state index contributed by atoms with van der Waals surface area (Å²) in [7, 11) is 0. The molecule has 2 rings (SSSR count). The summed E-state index contributed by atoms with van der Waals surface area (Å²) in [5, 5.41) is 1.68. The summed E-state index contributed by atoms with van der Waals surface area (Å²) >= 11 is 5.43. The van der Waals surface area contributed by atoms with E-state index in [0.29, 0.717) is 0 Å². The number of nitrogens with zero attached hydrogens (tertiary/aromatic N) is 1. The van der Waals surface area contributed by atoms with Crippen LogP contribution in [0.3, 0.4) is 0 Å². The third-order valence-electron chi connectivity index (χ3n) is 2.54. The molecule has 3 nitrogen and oxygen atoms in total. The number of alkyl halides is 3. The second kappa shape index (κ2) is 5.69. The number of aromatic nitrogens is 1. The lowest BCUT2D eigenvalue weighted by Crippen LogP contribution is -2.15. The van der Waals surface area contributed by atoms with E-state index in [1.54, 1.807) is 0 Å². The molecule has 0 atom stereocenters. The van der Waals surface area contributed by atoms with E-state index in [-0.39, 0.29) is 5.69 Å². The first-order chi connectivity index (χ1) is 9.79. The largest absolute Gasteiger partial charge is 0.416 e. The number of hydrogen-bond donors (Lipinski definition) is 1. The fourth-order valence-corrected chi connectivity index (χ4v) is 1.72. The number of carbonyl (C=O) groups excluding carboxylic acids is 1. The van der Waals surface area contributed by atoms with Crippen molar-refractivity contribution < 1.29 is 22.4 Å². The Labute approximate surface area is 121 Å². The van der Waals surface area contributed by atoms with Crippen LogP contribution in [-0.2, 0) is 6.18 Å². The first-order valence-electron chi connectivity index (χ1n) is 5.57. The van der Waals surface area contributed by atoms with Crippen molar-refractivity contribution in [3.8, 4) is 0 Å². The van der Waals surface area contributed by atoms with Crippen LogP contribution >= 0.6 is 11.6 Å². The van der Waals surface area contributed by atoms with Crippen molar-refractivity contribution >= 4 is 23.2 Å². The molecule has 0 spiro atoms. The quantitative estimate of drug-likeness (QED) is 0.668. The summed E-state index contributed by atoms with van der Waals surface area (Å²) in [5.74, 6) is -1.96. The van der Waals surface area contributed by atoms with Gasteiger partial charge in [0.05, 0.1) is 11.1 Å².